The molecule has 2 heterocycles. The first-order valence-corrected chi connectivity index (χ1v) is 9.68. The van der Waals surface area contributed by atoms with Gasteiger partial charge >= 0.3 is 0 Å². The quantitative estimate of drug-likeness (QED) is 0.460. The Morgan fingerprint density at radius 3 is 2.50 bits per heavy atom. The number of rotatable bonds is 7. The van der Waals surface area contributed by atoms with Crippen LogP contribution >= 0.6 is 0 Å². The molecule has 9 heteroatoms. The van der Waals surface area contributed by atoms with E-state index in [0.29, 0.717) is 50.3 Å². The first-order chi connectivity index (χ1) is 14.8. The summed E-state index contributed by atoms with van der Waals surface area (Å²) in [5, 5.41) is 7.31. The molecular formula is C21H22FN7O. The third-order valence-corrected chi connectivity index (χ3v) is 4.48. The lowest BCUT2D eigenvalue weighted by Crippen LogP contribution is -2.37. The van der Waals surface area contributed by atoms with Crippen LogP contribution in [-0.2, 0) is 11.3 Å². The molecule has 0 atom stereocenters. The van der Waals surface area contributed by atoms with E-state index in [-0.39, 0.29) is 11.8 Å². The van der Waals surface area contributed by atoms with E-state index in [9.17, 15) is 4.39 Å². The van der Waals surface area contributed by atoms with Crippen LogP contribution < -0.4 is 15.6 Å². The van der Waals surface area contributed by atoms with Gasteiger partial charge in [0.1, 0.15) is 5.82 Å². The van der Waals surface area contributed by atoms with E-state index >= 15 is 0 Å². The minimum Gasteiger partial charge on any atom is -0.378 e. The number of hydrogen-bond donors (Lipinski definition) is 2. The van der Waals surface area contributed by atoms with E-state index in [4.69, 9.17) is 4.74 Å². The number of ether oxygens (including phenoxy) is 1. The maximum atomic E-state index is 13.8. The first-order valence-electron chi connectivity index (χ1n) is 9.68. The van der Waals surface area contributed by atoms with Gasteiger partial charge in [0.2, 0.25) is 17.8 Å². The summed E-state index contributed by atoms with van der Waals surface area (Å²) in [4.78, 5) is 15.4. The molecule has 0 bridgehead atoms. The number of nitrogens with zero attached hydrogens (tertiary/aromatic N) is 5. The topological polar surface area (TPSA) is 87.6 Å². The molecule has 3 aromatic rings. The number of benzene rings is 2. The van der Waals surface area contributed by atoms with Gasteiger partial charge in [-0.1, -0.05) is 48.5 Å². The van der Waals surface area contributed by atoms with Crippen LogP contribution in [0.5, 0.6) is 0 Å². The van der Waals surface area contributed by atoms with Crippen molar-refractivity contribution in [3.05, 3.63) is 71.5 Å². The molecule has 0 saturated carbocycles. The fourth-order valence-electron chi connectivity index (χ4n) is 2.91. The standard InChI is InChI=1S/C21H22FN7O/c22-18-9-5-4-8-17(18)15-24-28-20-25-19(23-14-16-6-2-1-3-7-16)26-21(27-20)29-10-12-30-13-11-29/h1-9,15H,10-14H2,(H2,23,25,26,27,28)/b24-15+. The number of halogens is 1. The number of hydrazone groups is 1. The summed E-state index contributed by atoms with van der Waals surface area (Å²) in [6, 6.07) is 16.4. The van der Waals surface area contributed by atoms with Crippen molar-refractivity contribution < 1.29 is 9.13 Å². The minimum absolute atomic E-state index is 0.273. The van der Waals surface area contributed by atoms with E-state index in [1.165, 1.54) is 12.3 Å². The Labute approximate surface area is 173 Å². The van der Waals surface area contributed by atoms with Gasteiger partial charge in [0.05, 0.1) is 19.4 Å². The molecule has 0 radical (unpaired) electrons. The second-order valence-electron chi connectivity index (χ2n) is 6.61. The third kappa shape index (κ3) is 5.26. The second kappa shape index (κ2) is 9.75. The Morgan fingerprint density at radius 1 is 0.967 bits per heavy atom. The predicted octanol–water partition coefficient (Wildman–Crippen LogP) is 2.91. The predicted molar refractivity (Wildman–Crippen MR) is 114 cm³/mol. The van der Waals surface area contributed by atoms with Gasteiger partial charge in [-0.2, -0.15) is 20.1 Å². The molecule has 0 unspecified atom stereocenters. The van der Waals surface area contributed by atoms with Gasteiger partial charge in [-0.15, -0.1) is 0 Å². The average molecular weight is 407 g/mol. The lowest BCUT2D eigenvalue weighted by molar-refractivity contribution is 0.122. The lowest BCUT2D eigenvalue weighted by Gasteiger charge is -2.27. The highest BCUT2D eigenvalue weighted by Gasteiger charge is 2.16. The smallest absolute Gasteiger partial charge is 0.250 e. The van der Waals surface area contributed by atoms with Crippen molar-refractivity contribution in [3.63, 3.8) is 0 Å². The summed E-state index contributed by atoms with van der Waals surface area (Å²) < 4.78 is 19.2. The highest BCUT2D eigenvalue weighted by atomic mass is 19.1. The van der Waals surface area contributed by atoms with Crippen LogP contribution in [0.15, 0.2) is 59.7 Å². The van der Waals surface area contributed by atoms with Crippen molar-refractivity contribution in [1.82, 2.24) is 15.0 Å². The Morgan fingerprint density at radius 2 is 1.70 bits per heavy atom. The Bertz CT molecular complexity index is 994. The number of morpholine rings is 1. The molecule has 2 N–H and O–H groups in total. The molecule has 2 aromatic carbocycles. The average Bonchev–Trinajstić information content (AvgIpc) is 2.80. The van der Waals surface area contributed by atoms with Crippen LogP contribution in [0.1, 0.15) is 11.1 Å². The molecule has 154 valence electrons. The van der Waals surface area contributed by atoms with Crippen molar-refractivity contribution in [3.8, 4) is 0 Å². The summed E-state index contributed by atoms with van der Waals surface area (Å²) in [6.45, 7) is 3.20. The van der Waals surface area contributed by atoms with Gasteiger partial charge in [0.15, 0.2) is 0 Å². The summed E-state index contributed by atoms with van der Waals surface area (Å²) >= 11 is 0. The molecule has 0 aliphatic carbocycles. The fourth-order valence-corrected chi connectivity index (χ4v) is 2.91. The van der Waals surface area contributed by atoms with Crippen LogP contribution in [-0.4, -0.2) is 47.5 Å². The van der Waals surface area contributed by atoms with Crippen LogP contribution in [0.25, 0.3) is 0 Å². The molecule has 1 saturated heterocycles. The highest BCUT2D eigenvalue weighted by Crippen LogP contribution is 2.16. The number of anilines is 3. The molecule has 0 spiro atoms. The summed E-state index contributed by atoms with van der Waals surface area (Å²) in [7, 11) is 0. The van der Waals surface area contributed by atoms with Crippen LogP contribution in [0.4, 0.5) is 22.2 Å². The molecule has 1 aliphatic heterocycles. The highest BCUT2D eigenvalue weighted by molar-refractivity contribution is 5.80. The van der Waals surface area contributed by atoms with Gasteiger partial charge in [0.25, 0.3) is 0 Å². The Hall–Kier alpha value is -3.59. The maximum Gasteiger partial charge on any atom is 0.250 e. The molecule has 1 fully saturated rings. The van der Waals surface area contributed by atoms with E-state index < -0.39 is 0 Å². The van der Waals surface area contributed by atoms with Crippen LogP contribution in [0.2, 0.25) is 0 Å². The SMILES string of the molecule is Fc1ccccc1/C=N/Nc1nc(NCc2ccccc2)nc(N2CCOCC2)n1. The van der Waals surface area contributed by atoms with Gasteiger partial charge in [-0.3, -0.25) is 0 Å². The van der Waals surface area contributed by atoms with Gasteiger partial charge in [-0.25, -0.2) is 9.82 Å². The van der Waals surface area contributed by atoms with Crippen LogP contribution in [0, 0.1) is 5.82 Å². The maximum absolute atomic E-state index is 13.8. The van der Waals surface area contributed by atoms with E-state index in [0.717, 1.165) is 5.56 Å². The molecule has 1 aromatic heterocycles. The van der Waals surface area contributed by atoms with E-state index in [1.54, 1.807) is 18.2 Å². The lowest BCUT2D eigenvalue weighted by atomic mass is 10.2. The normalized spacial score (nSPS) is 14.1. The molecular weight excluding hydrogens is 385 g/mol. The molecule has 30 heavy (non-hydrogen) atoms. The van der Waals surface area contributed by atoms with E-state index in [1.807, 2.05) is 35.2 Å². The molecule has 1 aliphatic rings. The monoisotopic (exact) mass is 407 g/mol. The van der Waals surface area contributed by atoms with Crippen LogP contribution in [0.3, 0.4) is 0 Å². The Balaban J connectivity index is 1.52. The number of aromatic nitrogens is 3. The van der Waals surface area contributed by atoms with Crippen molar-refractivity contribution in [2.45, 2.75) is 6.54 Å². The summed E-state index contributed by atoms with van der Waals surface area (Å²) in [6.07, 6.45) is 1.39. The van der Waals surface area contributed by atoms with E-state index in [2.05, 4.69) is 30.8 Å². The van der Waals surface area contributed by atoms with Crippen molar-refractivity contribution in [2.75, 3.05) is 41.9 Å². The van der Waals surface area contributed by atoms with Gasteiger partial charge in [-0.05, 0) is 11.6 Å². The fraction of sp³-hybridized carbons (Fsp3) is 0.238. The zero-order valence-electron chi connectivity index (χ0n) is 16.3. The Kier molecular flexibility index (Phi) is 6.41. The molecule has 4 rings (SSSR count). The molecule has 8 nitrogen and oxygen atoms in total. The number of hydrogen-bond acceptors (Lipinski definition) is 8. The molecule has 0 amide bonds. The van der Waals surface area contributed by atoms with Crippen molar-refractivity contribution in [1.29, 1.82) is 0 Å². The third-order valence-electron chi connectivity index (χ3n) is 4.48. The first kappa shape index (κ1) is 19.7. The van der Waals surface area contributed by atoms with Gasteiger partial charge < -0.3 is 15.0 Å². The van der Waals surface area contributed by atoms with Crippen molar-refractivity contribution >= 4 is 24.1 Å². The van der Waals surface area contributed by atoms with Crippen molar-refractivity contribution in [2.24, 2.45) is 5.10 Å². The zero-order valence-corrected chi connectivity index (χ0v) is 16.3. The second-order valence-corrected chi connectivity index (χ2v) is 6.61. The summed E-state index contributed by atoms with van der Waals surface area (Å²) in [5.41, 5.74) is 4.26. The van der Waals surface area contributed by atoms with Gasteiger partial charge in [0, 0.05) is 25.2 Å². The summed E-state index contributed by atoms with van der Waals surface area (Å²) in [5.74, 6) is 0.888. The number of nitrogens with one attached hydrogen (secondary N) is 2. The largest absolute Gasteiger partial charge is 0.378 e. The zero-order chi connectivity index (χ0) is 20.6. The minimum atomic E-state index is -0.349.